The quantitative estimate of drug-likeness (QED) is 0.374. The summed E-state index contributed by atoms with van der Waals surface area (Å²) in [5.74, 6) is 1.64. The van der Waals surface area contributed by atoms with Gasteiger partial charge in [0, 0.05) is 11.7 Å². The summed E-state index contributed by atoms with van der Waals surface area (Å²) in [6.45, 7) is 13.0. The number of fused-ring (bicyclic) bond motifs is 7. The minimum Gasteiger partial charge on any atom is -0.478 e. The van der Waals surface area contributed by atoms with Gasteiger partial charge < -0.3 is 10.4 Å². The number of aromatic carboxylic acids is 1. The Labute approximate surface area is 262 Å². The van der Waals surface area contributed by atoms with E-state index >= 15 is 0 Å². The third-order valence-electron chi connectivity index (χ3n) is 14.5. The number of allylic oxidation sites excluding steroid dienone is 2. The first-order valence-electron chi connectivity index (χ1n) is 17.0. The molecule has 4 saturated carbocycles. The van der Waals surface area contributed by atoms with Crippen LogP contribution in [0.1, 0.15) is 115 Å². The monoisotopic (exact) mass is 598 g/mol. The van der Waals surface area contributed by atoms with Gasteiger partial charge in [0.2, 0.25) is 5.91 Å². The fourth-order valence-corrected chi connectivity index (χ4v) is 12.5. The predicted molar refractivity (Wildman–Crippen MR) is 171 cm³/mol. The molecule has 8 atom stereocenters. The lowest BCUT2D eigenvalue weighted by atomic mass is 9.33. The molecule has 2 N–H and O–H groups in total. The van der Waals surface area contributed by atoms with Gasteiger partial charge in [-0.25, -0.2) is 9.48 Å². The molecule has 1 amide bonds. The first kappa shape index (κ1) is 29.7. The summed E-state index contributed by atoms with van der Waals surface area (Å²) >= 11 is 0. The van der Waals surface area contributed by atoms with Gasteiger partial charge in [0.25, 0.3) is 0 Å². The highest BCUT2D eigenvalue weighted by Gasteiger charge is 2.69. The van der Waals surface area contributed by atoms with Gasteiger partial charge in [0.05, 0.1) is 11.8 Å². The normalized spacial score (nSPS) is 40.5. The van der Waals surface area contributed by atoms with E-state index < -0.39 is 5.97 Å². The first-order chi connectivity index (χ1) is 20.8. The van der Waals surface area contributed by atoms with E-state index in [0.29, 0.717) is 29.2 Å². The van der Waals surface area contributed by atoms with Gasteiger partial charge in [0.1, 0.15) is 6.54 Å². The van der Waals surface area contributed by atoms with Crippen molar-refractivity contribution in [3.8, 4) is 0 Å². The van der Waals surface area contributed by atoms with Crippen LogP contribution < -0.4 is 5.32 Å². The fourth-order valence-electron chi connectivity index (χ4n) is 12.5. The van der Waals surface area contributed by atoms with Crippen molar-refractivity contribution >= 4 is 17.4 Å². The van der Waals surface area contributed by atoms with Crippen molar-refractivity contribution in [2.75, 3.05) is 0 Å². The highest BCUT2D eigenvalue weighted by Crippen LogP contribution is 2.76. The number of aromatic nitrogens is 3. The number of carbonyl (C=O) groups is 2. The minimum absolute atomic E-state index is 0.0123. The maximum Gasteiger partial charge on any atom is 0.335 e. The molecule has 0 aliphatic heterocycles. The third kappa shape index (κ3) is 4.12. The molecule has 0 radical (unpaired) electrons. The number of amides is 1. The van der Waals surface area contributed by atoms with E-state index in [2.05, 4.69) is 56.3 Å². The maximum absolute atomic E-state index is 13.3. The Morgan fingerprint density at radius 3 is 2.39 bits per heavy atom. The number of hydrogen-bond acceptors (Lipinski definition) is 4. The molecule has 1 aromatic carbocycles. The lowest BCUT2D eigenvalue weighted by molar-refractivity contribution is -0.217. The molecule has 7 nitrogen and oxygen atoms in total. The largest absolute Gasteiger partial charge is 0.478 e. The summed E-state index contributed by atoms with van der Waals surface area (Å²) < 4.78 is 1.63. The van der Waals surface area contributed by atoms with Gasteiger partial charge >= 0.3 is 5.97 Å². The smallest absolute Gasteiger partial charge is 0.335 e. The molecule has 236 valence electrons. The number of carboxylic acid groups (broad SMARTS) is 1. The summed E-state index contributed by atoms with van der Waals surface area (Å²) in [7, 11) is 0. The van der Waals surface area contributed by atoms with Crippen LogP contribution in [0.4, 0.5) is 0 Å². The van der Waals surface area contributed by atoms with Crippen molar-refractivity contribution in [1.82, 2.24) is 20.3 Å². The van der Waals surface area contributed by atoms with E-state index in [9.17, 15) is 14.7 Å². The van der Waals surface area contributed by atoms with Gasteiger partial charge in [-0.2, -0.15) is 0 Å². The summed E-state index contributed by atoms with van der Waals surface area (Å²) in [4.78, 5) is 24.7. The van der Waals surface area contributed by atoms with Gasteiger partial charge in [-0.05, 0) is 126 Å². The van der Waals surface area contributed by atoms with Crippen molar-refractivity contribution in [2.45, 2.75) is 111 Å². The van der Waals surface area contributed by atoms with E-state index in [4.69, 9.17) is 0 Å². The van der Waals surface area contributed by atoms with E-state index in [1.54, 1.807) is 29.2 Å². The van der Waals surface area contributed by atoms with Crippen molar-refractivity contribution in [3.63, 3.8) is 0 Å². The molecule has 2 aromatic rings. The van der Waals surface area contributed by atoms with E-state index in [1.807, 2.05) is 12.1 Å². The molecule has 0 bridgehead atoms. The molecular weight excluding hydrogens is 548 g/mol. The zero-order chi connectivity index (χ0) is 31.1. The van der Waals surface area contributed by atoms with Crippen molar-refractivity contribution < 1.29 is 14.7 Å². The van der Waals surface area contributed by atoms with Gasteiger partial charge in [-0.3, -0.25) is 4.79 Å². The van der Waals surface area contributed by atoms with Crippen LogP contribution in [0.2, 0.25) is 0 Å². The number of hydrogen-bond donors (Lipinski definition) is 2. The Bertz CT molecular complexity index is 1480. The van der Waals surface area contributed by atoms with Crippen LogP contribution in [0, 0.1) is 45.3 Å². The van der Waals surface area contributed by atoms with E-state index in [1.165, 1.54) is 56.1 Å². The molecule has 3 unspecified atom stereocenters. The molecule has 5 aliphatic rings. The fraction of sp³-hybridized carbons (Fsp3) is 0.676. The molecule has 1 aromatic heterocycles. The van der Waals surface area contributed by atoms with Crippen LogP contribution in [0.3, 0.4) is 0 Å². The molecule has 7 rings (SSSR count). The molecule has 0 saturated heterocycles. The number of benzene rings is 1. The van der Waals surface area contributed by atoms with Crippen molar-refractivity contribution in [3.05, 3.63) is 53.9 Å². The average Bonchev–Trinajstić information content (AvgIpc) is 3.63. The maximum atomic E-state index is 13.3. The molecule has 5 aliphatic carbocycles. The summed E-state index contributed by atoms with van der Waals surface area (Å²) in [6, 6.07) is 7.54. The number of carbonyl (C=O) groups excluding carboxylic acids is 1. The standard InChI is InChI=1S/C37H50N4O3/c1-33(2)26(24-8-10-25(11-9-24)32(43)44)14-17-34(3)29(33)15-18-36(5)30(34)13-12-27-28-7-6-16-37(28,20-19-35(27,36)4)39-31(42)23-41-22-21-38-40-41/h8-11,14,21-22,27-30H,6-7,12-13,15-20,23H2,1-5H3,(H,39,42)(H,43,44)/t27-,28?,29?,30?,34+,35-,36-,37+/m1/s1. The second kappa shape index (κ2) is 10.0. The predicted octanol–water partition coefficient (Wildman–Crippen LogP) is 7.39. The zero-order valence-electron chi connectivity index (χ0n) is 27.2. The van der Waals surface area contributed by atoms with Crippen LogP contribution >= 0.6 is 0 Å². The molecule has 0 spiro atoms. The second-order valence-corrected chi connectivity index (χ2v) is 16.4. The third-order valence-corrected chi connectivity index (χ3v) is 14.5. The van der Waals surface area contributed by atoms with Crippen LogP contribution in [-0.4, -0.2) is 37.5 Å². The van der Waals surface area contributed by atoms with Crippen LogP contribution in [-0.2, 0) is 11.3 Å². The Kier molecular flexibility index (Phi) is 6.77. The Morgan fingerprint density at radius 1 is 0.909 bits per heavy atom. The van der Waals surface area contributed by atoms with Gasteiger partial charge in [-0.15, -0.1) is 5.10 Å². The van der Waals surface area contributed by atoms with Gasteiger partial charge in [-0.1, -0.05) is 64.5 Å². The van der Waals surface area contributed by atoms with Crippen LogP contribution in [0.25, 0.3) is 5.57 Å². The lowest BCUT2D eigenvalue weighted by Gasteiger charge is -2.72. The highest BCUT2D eigenvalue weighted by molar-refractivity contribution is 5.88. The topological polar surface area (TPSA) is 97.1 Å². The first-order valence-corrected chi connectivity index (χ1v) is 17.0. The second-order valence-electron chi connectivity index (χ2n) is 16.4. The van der Waals surface area contributed by atoms with Crippen LogP contribution in [0.15, 0.2) is 42.7 Å². The summed E-state index contributed by atoms with van der Waals surface area (Å²) in [5, 5.41) is 20.9. The van der Waals surface area contributed by atoms with Crippen molar-refractivity contribution in [1.29, 1.82) is 0 Å². The number of nitrogens with one attached hydrogen (secondary N) is 1. The zero-order valence-corrected chi connectivity index (χ0v) is 27.2. The number of nitrogens with zero attached hydrogens (tertiary/aromatic N) is 3. The Hall–Kier alpha value is -2.96. The molecular formula is C37H50N4O3. The molecule has 44 heavy (non-hydrogen) atoms. The Morgan fingerprint density at radius 2 is 1.68 bits per heavy atom. The minimum atomic E-state index is -0.872. The van der Waals surface area contributed by atoms with Crippen LogP contribution in [0.5, 0.6) is 0 Å². The number of carboxylic acids is 1. The van der Waals surface area contributed by atoms with Crippen molar-refractivity contribution in [2.24, 2.45) is 45.3 Å². The summed E-state index contributed by atoms with van der Waals surface area (Å²) in [5.41, 5.74) is 3.60. The van der Waals surface area contributed by atoms with Gasteiger partial charge in [0.15, 0.2) is 0 Å². The molecule has 7 heteroatoms. The van der Waals surface area contributed by atoms with E-state index in [0.717, 1.165) is 19.3 Å². The number of rotatable bonds is 5. The molecule has 1 heterocycles. The SMILES string of the molecule is CC1(C)C(c2ccc(C(=O)O)cc2)=CC[C@@]2(C)C1CC[C@]1(C)C2CC[C@@H]2C3CCC[C@]3(NC(=O)Cn3ccnn3)CC[C@]21C. The Balaban J connectivity index is 1.16. The summed E-state index contributed by atoms with van der Waals surface area (Å²) in [6.07, 6.45) is 17.8. The van der Waals surface area contributed by atoms with E-state index in [-0.39, 0.29) is 39.7 Å². The average molecular weight is 599 g/mol. The molecule has 4 fully saturated rings. The lowest BCUT2D eigenvalue weighted by Crippen LogP contribution is -2.67. The highest BCUT2D eigenvalue weighted by atomic mass is 16.4.